The van der Waals surface area contributed by atoms with Crippen LogP contribution in [0.3, 0.4) is 0 Å². The largest absolute Gasteiger partial charge is 0.497 e. The maximum Gasteiger partial charge on any atom is 0.289 e. The molecule has 0 heterocycles. The van der Waals surface area contributed by atoms with Crippen LogP contribution in [0.5, 0.6) is 11.5 Å². The van der Waals surface area contributed by atoms with Crippen LogP contribution < -0.4 is 19.2 Å². The van der Waals surface area contributed by atoms with E-state index in [4.69, 9.17) is 9.47 Å². The number of hydrazone groups is 1. The van der Waals surface area contributed by atoms with Crippen LogP contribution >= 0.6 is 0 Å². The lowest BCUT2D eigenvalue weighted by atomic mass is 10.2. The summed E-state index contributed by atoms with van der Waals surface area (Å²) < 4.78 is 52.1. The molecule has 3 aromatic carbocycles. The molecule has 0 saturated heterocycles. The maximum atomic E-state index is 13.8. The number of amides is 1. The number of hydrogen-bond acceptors (Lipinski definition) is 8. The van der Waals surface area contributed by atoms with Crippen molar-refractivity contribution in [3.05, 3.63) is 88.2 Å². The van der Waals surface area contributed by atoms with Crippen molar-refractivity contribution in [1.29, 1.82) is 0 Å². The molecule has 0 aliphatic rings. The Bertz CT molecular complexity index is 1410. The van der Waals surface area contributed by atoms with Gasteiger partial charge < -0.3 is 9.47 Å². The molecule has 1 N–H and O–H groups in total. The van der Waals surface area contributed by atoms with Crippen molar-refractivity contribution >= 4 is 33.5 Å². The molecule has 0 bridgehead atoms. The molecule has 0 aromatic heterocycles. The molecule has 3 rings (SSSR count). The predicted octanol–water partition coefficient (Wildman–Crippen LogP) is 3.10. The van der Waals surface area contributed by atoms with Gasteiger partial charge >= 0.3 is 0 Å². The van der Waals surface area contributed by atoms with Crippen LogP contribution in [0.15, 0.2) is 76.7 Å². The number of nitrogens with one attached hydrogen (secondary N) is 1. The number of nitrogens with zero attached hydrogens (tertiary/aromatic N) is 3. The van der Waals surface area contributed by atoms with Crippen LogP contribution in [-0.4, -0.2) is 46.2 Å². The number of nitro benzene ring substituents is 1. The molecule has 13 heteroatoms. The van der Waals surface area contributed by atoms with Gasteiger partial charge in [0.1, 0.15) is 23.9 Å². The number of sulfonamides is 1. The highest BCUT2D eigenvalue weighted by Gasteiger charge is 2.34. The lowest BCUT2D eigenvalue weighted by Crippen LogP contribution is -2.40. The molecule has 0 unspecified atom stereocenters. The van der Waals surface area contributed by atoms with Crippen LogP contribution in [-0.2, 0) is 14.8 Å². The van der Waals surface area contributed by atoms with E-state index in [2.05, 4.69) is 10.5 Å². The van der Waals surface area contributed by atoms with E-state index in [0.717, 1.165) is 18.3 Å². The lowest BCUT2D eigenvalue weighted by molar-refractivity contribution is -0.387. The average Bonchev–Trinajstić information content (AvgIpc) is 2.88. The Kier molecular flexibility index (Phi) is 8.17. The summed E-state index contributed by atoms with van der Waals surface area (Å²) in [5.41, 5.74) is 1.48. The third-order valence-corrected chi connectivity index (χ3v) is 6.68. The van der Waals surface area contributed by atoms with Gasteiger partial charge in [-0.25, -0.2) is 18.2 Å². The second-order valence-electron chi connectivity index (χ2n) is 7.09. The summed E-state index contributed by atoms with van der Waals surface area (Å²) in [5, 5.41) is 15.2. The van der Waals surface area contributed by atoms with Gasteiger partial charge in [-0.05, 0) is 24.3 Å². The molecule has 11 nitrogen and oxygen atoms in total. The first-order valence-electron chi connectivity index (χ1n) is 10.2. The summed E-state index contributed by atoms with van der Waals surface area (Å²) in [7, 11) is -1.98. The Hall–Kier alpha value is -4.52. The number of hydrogen-bond donors (Lipinski definition) is 1. The predicted molar refractivity (Wildman–Crippen MR) is 129 cm³/mol. The minimum Gasteiger partial charge on any atom is -0.497 e. The smallest absolute Gasteiger partial charge is 0.289 e. The molecular formula is C23H21FN4O7S. The van der Waals surface area contributed by atoms with Gasteiger partial charge in [0, 0.05) is 17.7 Å². The summed E-state index contributed by atoms with van der Waals surface area (Å²) in [6.07, 6.45) is 1.06. The van der Waals surface area contributed by atoms with Gasteiger partial charge in [0.25, 0.3) is 21.6 Å². The topological polar surface area (TPSA) is 140 Å². The van der Waals surface area contributed by atoms with Gasteiger partial charge in [0.05, 0.1) is 31.0 Å². The number of methoxy groups -OCH3 is 2. The fourth-order valence-corrected chi connectivity index (χ4v) is 4.75. The molecule has 36 heavy (non-hydrogen) atoms. The molecule has 3 aromatic rings. The van der Waals surface area contributed by atoms with E-state index >= 15 is 0 Å². The number of halogens is 1. The first kappa shape index (κ1) is 26.1. The van der Waals surface area contributed by atoms with Crippen molar-refractivity contribution in [3.63, 3.8) is 0 Å². The van der Waals surface area contributed by atoms with E-state index in [-0.39, 0.29) is 17.0 Å². The Morgan fingerprint density at radius 1 is 1.11 bits per heavy atom. The molecular weight excluding hydrogens is 495 g/mol. The van der Waals surface area contributed by atoms with E-state index in [1.807, 2.05) is 0 Å². The van der Waals surface area contributed by atoms with Crippen LogP contribution in [0.1, 0.15) is 5.56 Å². The number of carbonyl (C=O) groups is 1. The minimum absolute atomic E-state index is 0.0270. The summed E-state index contributed by atoms with van der Waals surface area (Å²) in [4.78, 5) is 22.7. The van der Waals surface area contributed by atoms with Crippen LogP contribution in [0.4, 0.5) is 15.8 Å². The number of rotatable bonds is 10. The van der Waals surface area contributed by atoms with Gasteiger partial charge in [-0.1, -0.05) is 30.3 Å². The highest BCUT2D eigenvalue weighted by molar-refractivity contribution is 7.93. The molecule has 0 fully saturated rings. The maximum absolute atomic E-state index is 13.8. The first-order chi connectivity index (χ1) is 17.2. The van der Waals surface area contributed by atoms with E-state index < -0.39 is 43.8 Å². The Labute approximate surface area is 206 Å². The first-order valence-corrected chi connectivity index (χ1v) is 11.7. The van der Waals surface area contributed by atoms with Crippen LogP contribution in [0.2, 0.25) is 0 Å². The monoisotopic (exact) mass is 516 g/mol. The second kappa shape index (κ2) is 11.3. The second-order valence-corrected chi connectivity index (χ2v) is 8.92. The molecule has 0 spiro atoms. The lowest BCUT2D eigenvalue weighted by Gasteiger charge is -2.25. The summed E-state index contributed by atoms with van der Waals surface area (Å²) in [6, 6.07) is 14.6. The van der Waals surface area contributed by atoms with Gasteiger partial charge in [0.2, 0.25) is 0 Å². The highest BCUT2D eigenvalue weighted by atomic mass is 32.2. The van der Waals surface area contributed by atoms with Crippen molar-refractivity contribution in [3.8, 4) is 11.5 Å². The number of nitro groups is 1. The fourth-order valence-electron chi connectivity index (χ4n) is 3.15. The standard InChI is InChI=1S/C23H21FN4O7S/c1-34-17-11-12-19(21(13-17)35-2)27(36(32,33)22-10-6-5-9-20(22)28(30)31)15-23(29)26-25-14-16-7-3-4-8-18(16)24/h3-14H,15H2,1-2H3,(H,26,29)/b25-14+. The van der Waals surface area contributed by atoms with Crippen LogP contribution in [0.25, 0.3) is 0 Å². The molecule has 0 aliphatic carbocycles. The molecule has 188 valence electrons. The Morgan fingerprint density at radius 3 is 2.47 bits per heavy atom. The molecule has 0 atom stereocenters. The Morgan fingerprint density at radius 2 is 1.81 bits per heavy atom. The van der Waals surface area contributed by atoms with E-state index in [0.29, 0.717) is 10.1 Å². The minimum atomic E-state index is -4.66. The average molecular weight is 517 g/mol. The third kappa shape index (κ3) is 5.75. The van der Waals surface area contributed by atoms with Crippen molar-refractivity contribution in [2.24, 2.45) is 5.10 Å². The third-order valence-electron chi connectivity index (χ3n) is 4.87. The fraction of sp³-hybridized carbons (Fsp3) is 0.130. The number of carbonyl (C=O) groups excluding carboxylic acids is 1. The van der Waals surface area contributed by atoms with E-state index in [9.17, 15) is 27.7 Å². The zero-order chi connectivity index (χ0) is 26.3. The number of benzene rings is 3. The number of anilines is 1. The van der Waals surface area contributed by atoms with Crippen LogP contribution in [0, 0.1) is 15.9 Å². The quantitative estimate of drug-likeness (QED) is 0.248. The zero-order valence-corrected chi connectivity index (χ0v) is 19.9. The highest BCUT2D eigenvalue weighted by Crippen LogP contribution is 2.37. The number of ether oxygens (including phenoxy) is 2. The molecule has 0 saturated carbocycles. The van der Waals surface area contributed by atoms with E-state index in [1.54, 1.807) is 6.07 Å². The normalized spacial score (nSPS) is 11.2. The van der Waals surface area contributed by atoms with Crippen molar-refractivity contribution < 1.29 is 32.0 Å². The Balaban J connectivity index is 2.02. The van der Waals surface area contributed by atoms with Crippen molar-refractivity contribution in [1.82, 2.24) is 5.43 Å². The SMILES string of the molecule is COc1ccc(N(CC(=O)N/N=C/c2ccccc2F)S(=O)(=O)c2ccccc2[N+](=O)[O-])c(OC)c1. The molecule has 0 radical (unpaired) electrons. The van der Waals surface area contributed by atoms with E-state index in [1.165, 1.54) is 62.8 Å². The molecule has 0 aliphatic heterocycles. The van der Waals surface area contributed by atoms with Gasteiger partial charge in [-0.15, -0.1) is 0 Å². The van der Waals surface area contributed by atoms with Gasteiger partial charge in [0.15, 0.2) is 4.90 Å². The van der Waals surface area contributed by atoms with Gasteiger partial charge in [-0.2, -0.15) is 5.10 Å². The summed E-state index contributed by atoms with van der Waals surface area (Å²) in [5.74, 6) is -1.10. The van der Waals surface area contributed by atoms with Gasteiger partial charge in [-0.3, -0.25) is 19.2 Å². The van der Waals surface area contributed by atoms with Crippen molar-refractivity contribution in [2.45, 2.75) is 4.90 Å². The summed E-state index contributed by atoms with van der Waals surface area (Å²) in [6.45, 7) is -0.828. The van der Waals surface area contributed by atoms with Crippen molar-refractivity contribution in [2.75, 3.05) is 25.1 Å². The number of para-hydroxylation sites is 1. The molecule has 1 amide bonds. The zero-order valence-electron chi connectivity index (χ0n) is 19.1. The summed E-state index contributed by atoms with van der Waals surface area (Å²) >= 11 is 0.